The minimum absolute atomic E-state index is 0.147. The predicted octanol–water partition coefficient (Wildman–Crippen LogP) is 11.2. The number of carboxylic acids is 2. The van der Waals surface area contributed by atoms with Gasteiger partial charge in [-0.25, -0.2) is 0 Å². The fourth-order valence-corrected chi connectivity index (χ4v) is 6.54. The summed E-state index contributed by atoms with van der Waals surface area (Å²) in [6, 6.07) is 0. The summed E-state index contributed by atoms with van der Waals surface area (Å²) in [5.74, 6) is -1.51. The van der Waals surface area contributed by atoms with Gasteiger partial charge in [-0.1, -0.05) is 160 Å². The maximum atomic E-state index is 12.4. The van der Waals surface area contributed by atoms with Crippen molar-refractivity contribution in [2.75, 3.05) is 6.61 Å². The third-order valence-corrected chi connectivity index (χ3v) is 9.50. The highest BCUT2D eigenvalue weighted by Crippen LogP contribution is 2.37. The molecule has 0 radical (unpaired) electrons. The topological polar surface area (TPSA) is 115 Å². The molecule has 4 N–H and O–H groups in total. The Bertz CT molecular complexity index is 693. The molecule has 0 aliphatic rings. The van der Waals surface area contributed by atoms with E-state index in [0.717, 1.165) is 70.6 Å². The lowest BCUT2D eigenvalue weighted by Crippen LogP contribution is -2.36. The average Bonchev–Trinajstić information content (AvgIpc) is 3.02. The van der Waals surface area contributed by atoms with Gasteiger partial charge in [0.2, 0.25) is 0 Å². The van der Waals surface area contributed by atoms with E-state index in [0.29, 0.717) is 12.8 Å². The number of allylic oxidation sites excluding steroid dienone is 2. The van der Waals surface area contributed by atoms with Gasteiger partial charge in [-0.05, 0) is 51.4 Å². The minimum Gasteiger partial charge on any atom is -0.481 e. The molecule has 0 saturated heterocycles. The van der Waals surface area contributed by atoms with Crippen molar-refractivity contribution < 1.29 is 30.0 Å². The Labute approximate surface area is 277 Å². The van der Waals surface area contributed by atoms with Crippen LogP contribution in [0.5, 0.6) is 0 Å². The lowest BCUT2D eigenvalue weighted by atomic mass is 9.73. The number of carboxylic acid groups (broad SMARTS) is 2. The van der Waals surface area contributed by atoms with Gasteiger partial charge in [-0.2, -0.15) is 0 Å². The number of aliphatic hydroxyl groups excluding tert-OH is 2. The summed E-state index contributed by atoms with van der Waals surface area (Å²) < 4.78 is 0. The number of rotatable bonds is 36. The molecule has 0 heterocycles. The first-order valence-corrected chi connectivity index (χ1v) is 19.3. The fraction of sp³-hybridized carbons (Fsp3) is 0.897. The van der Waals surface area contributed by atoms with Crippen LogP contribution < -0.4 is 0 Å². The van der Waals surface area contributed by atoms with Crippen LogP contribution in [0.25, 0.3) is 0 Å². The van der Waals surface area contributed by atoms with Gasteiger partial charge in [0.05, 0.1) is 18.1 Å². The van der Waals surface area contributed by atoms with Crippen molar-refractivity contribution in [3.8, 4) is 0 Å². The Morgan fingerprint density at radius 1 is 0.556 bits per heavy atom. The van der Waals surface area contributed by atoms with E-state index < -0.39 is 23.5 Å². The van der Waals surface area contributed by atoms with Crippen molar-refractivity contribution in [2.24, 2.45) is 5.41 Å². The molecule has 0 aromatic carbocycles. The van der Waals surface area contributed by atoms with E-state index in [1.807, 2.05) is 0 Å². The summed E-state index contributed by atoms with van der Waals surface area (Å²) in [6.45, 7) is 1.88. The van der Waals surface area contributed by atoms with Gasteiger partial charge in [-0.15, -0.1) is 0 Å². The van der Waals surface area contributed by atoms with E-state index in [-0.39, 0.29) is 19.4 Å². The Hall–Kier alpha value is -1.40. The lowest BCUT2D eigenvalue weighted by Gasteiger charge is -2.31. The second kappa shape index (κ2) is 32.5. The highest BCUT2D eigenvalue weighted by Gasteiger charge is 2.39. The van der Waals surface area contributed by atoms with Crippen molar-refractivity contribution in [1.82, 2.24) is 0 Å². The van der Waals surface area contributed by atoms with Crippen LogP contribution in [0, 0.1) is 5.41 Å². The highest BCUT2D eigenvalue weighted by molar-refractivity contribution is 5.74. The normalized spacial score (nSPS) is 13.8. The lowest BCUT2D eigenvalue weighted by molar-refractivity contribution is -0.153. The molecular formula is C39H74O6. The third-order valence-electron chi connectivity index (χ3n) is 9.50. The smallest absolute Gasteiger partial charge is 0.309 e. The Kier molecular flexibility index (Phi) is 31.5. The number of carbonyl (C=O) groups is 2. The van der Waals surface area contributed by atoms with E-state index in [4.69, 9.17) is 5.11 Å². The third kappa shape index (κ3) is 28.5. The summed E-state index contributed by atoms with van der Waals surface area (Å²) in [5, 5.41) is 38.5. The molecule has 0 amide bonds. The van der Waals surface area contributed by atoms with Crippen LogP contribution in [-0.4, -0.2) is 45.1 Å². The van der Waals surface area contributed by atoms with Gasteiger partial charge in [0.15, 0.2) is 0 Å². The van der Waals surface area contributed by atoms with Gasteiger partial charge < -0.3 is 20.4 Å². The molecule has 6 nitrogen and oxygen atoms in total. The molecule has 266 valence electrons. The molecule has 0 spiro atoms. The SMILES string of the molecule is CCCCCCCCCCCCCCCCC(CCCCCCCC/C=C\CCCCCCCC(=O)O)(CC(O)CO)C(=O)O. The van der Waals surface area contributed by atoms with Gasteiger partial charge in [0, 0.05) is 6.42 Å². The summed E-state index contributed by atoms with van der Waals surface area (Å²) in [6.07, 6.45) is 37.1. The number of hydrogen-bond acceptors (Lipinski definition) is 4. The second-order valence-corrected chi connectivity index (χ2v) is 13.8. The zero-order chi connectivity index (χ0) is 33.3. The second-order valence-electron chi connectivity index (χ2n) is 13.8. The first kappa shape index (κ1) is 43.6. The Morgan fingerprint density at radius 2 is 0.911 bits per heavy atom. The fourth-order valence-electron chi connectivity index (χ4n) is 6.54. The summed E-state index contributed by atoms with van der Waals surface area (Å²) in [4.78, 5) is 22.9. The number of unbranched alkanes of at least 4 members (excludes halogenated alkanes) is 24. The van der Waals surface area contributed by atoms with E-state index in [2.05, 4.69) is 19.1 Å². The predicted molar refractivity (Wildman–Crippen MR) is 189 cm³/mol. The molecule has 45 heavy (non-hydrogen) atoms. The Balaban J connectivity index is 4.02. The molecule has 2 unspecified atom stereocenters. The van der Waals surface area contributed by atoms with Crippen LogP contribution in [0.1, 0.15) is 206 Å². The van der Waals surface area contributed by atoms with Crippen molar-refractivity contribution in [3.05, 3.63) is 12.2 Å². The number of aliphatic carboxylic acids is 2. The van der Waals surface area contributed by atoms with Crippen molar-refractivity contribution in [3.63, 3.8) is 0 Å². The van der Waals surface area contributed by atoms with E-state index in [1.54, 1.807) is 0 Å². The number of hydrogen-bond donors (Lipinski definition) is 4. The summed E-state index contributed by atoms with van der Waals surface area (Å²) in [7, 11) is 0. The zero-order valence-corrected chi connectivity index (χ0v) is 29.5. The van der Waals surface area contributed by atoms with Gasteiger partial charge in [0.1, 0.15) is 0 Å². The van der Waals surface area contributed by atoms with Gasteiger partial charge in [-0.3, -0.25) is 9.59 Å². The molecule has 0 aliphatic carbocycles. The van der Waals surface area contributed by atoms with Crippen LogP contribution in [0.4, 0.5) is 0 Å². The number of aliphatic hydroxyl groups is 2. The largest absolute Gasteiger partial charge is 0.481 e. The maximum Gasteiger partial charge on any atom is 0.309 e. The molecule has 0 fully saturated rings. The van der Waals surface area contributed by atoms with Crippen LogP contribution in [0.2, 0.25) is 0 Å². The van der Waals surface area contributed by atoms with E-state index in [9.17, 15) is 24.9 Å². The van der Waals surface area contributed by atoms with Crippen molar-refractivity contribution >= 4 is 11.9 Å². The summed E-state index contributed by atoms with van der Waals surface area (Å²) in [5.41, 5.74) is -0.928. The van der Waals surface area contributed by atoms with Crippen LogP contribution >= 0.6 is 0 Å². The quantitative estimate of drug-likeness (QED) is 0.0401. The molecular weight excluding hydrogens is 564 g/mol. The van der Waals surface area contributed by atoms with Crippen molar-refractivity contribution in [2.45, 2.75) is 212 Å². The van der Waals surface area contributed by atoms with Gasteiger partial charge >= 0.3 is 11.9 Å². The molecule has 0 aromatic heterocycles. The molecule has 0 aromatic rings. The highest BCUT2D eigenvalue weighted by atomic mass is 16.4. The van der Waals surface area contributed by atoms with Crippen LogP contribution in [0.15, 0.2) is 12.2 Å². The van der Waals surface area contributed by atoms with E-state index >= 15 is 0 Å². The average molecular weight is 639 g/mol. The van der Waals surface area contributed by atoms with Crippen molar-refractivity contribution in [1.29, 1.82) is 0 Å². The molecule has 6 heteroatoms. The first-order valence-electron chi connectivity index (χ1n) is 19.3. The monoisotopic (exact) mass is 639 g/mol. The standard InChI is InChI=1S/C39H74O6/c1-2-3-4-5-6-7-8-9-14-17-20-23-26-29-32-39(38(44)45,34-36(41)35-40)33-30-27-24-21-18-15-12-10-11-13-16-19-22-25-28-31-37(42)43/h10-11,36,40-41H,2-9,12-35H2,1H3,(H,42,43)(H,44,45)/b11-10-. The molecule has 2 atom stereocenters. The van der Waals surface area contributed by atoms with Crippen LogP contribution in [0.3, 0.4) is 0 Å². The first-order chi connectivity index (χ1) is 21.9. The summed E-state index contributed by atoms with van der Waals surface area (Å²) >= 11 is 0. The minimum atomic E-state index is -0.968. The van der Waals surface area contributed by atoms with Gasteiger partial charge in [0.25, 0.3) is 0 Å². The zero-order valence-electron chi connectivity index (χ0n) is 29.5. The molecule has 0 bridgehead atoms. The molecule has 0 rings (SSSR count). The van der Waals surface area contributed by atoms with Crippen LogP contribution in [-0.2, 0) is 9.59 Å². The Morgan fingerprint density at radius 3 is 1.27 bits per heavy atom. The maximum absolute atomic E-state index is 12.4. The van der Waals surface area contributed by atoms with E-state index in [1.165, 1.54) is 103 Å². The molecule has 0 aliphatic heterocycles. The molecule has 0 saturated carbocycles.